The zero-order valence-corrected chi connectivity index (χ0v) is 13.7. The molecule has 0 amide bonds. The summed E-state index contributed by atoms with van der Waals surface area (Å²) < 4.78 is 64.5. The second-order valence-corrected chi connectivity index (χ2v) is 6.97. The lowest BCUT2D eigenvalue weighted by atomic mass is 10.2. The Morgan fingerprint density at radius 2 is 1.91 bits per heavy atom. The zero-order valence-electron chi connectivity index (χ0n) is 10.5. The molecule has 0 aliphatic carbocycles. The number of nitrogens with one attached hydrogen (secondary N) is 1. The second kappa shape index (κ2) is 6.05. The summed E-state index contributed by atoms with van der Waals surface area (Å²) in [5.74, 6) is -0.453. The van der Waals surface area contributed by atoms with Crippen molar-refractivity contribution in [1.82, 2.24) is 4.98 Å². The Morgan fingerprint density at radius 3 is 2.55 bits per heavy atom. The minimum Gasteiger partial charge on any atom is -0.263 e. The molecule has 4 nitrogen and oxygen atoms in total. The lowest BCUT2D eigenvalue weighted by Gasteiger charge is -2.11. The average Bonchev–Trinajstić information content (AvgIpc) is 2.40. The van der Waals surface area contributed by atoms with Crippen LogP contribution in [0.1, 0.15) is 5.56 Å². The van der Waals surface area contributed by atoms with Gasteiger partial charge in [0.25, 0.3) is 10.0 Å². The first-order valence-corrected chi connectivity index (χ1v) is 8.27. The number of nitrogens with zero attached hydrogens (tertiary/aromatic N) is 1. The van der Waals surface area contributed by atoms with Crippen molar-refractivity contribution in [1.29, 1.82) is 0 Å². The maximum atomic E-state index is 12.6. The SMILES string of the molecule is O=S(=O)(Nc1cc(C(F)(F)F)ccn1)c1cccc(Br)c1Cl. The average molecular weight is 416 g/mol. The summed E-state index contributed by atoms with van der Waals surface area (Å²) in [4.78, 5) is 3.30. The van der Waals surface area contributed by atoms with Crippen LogP contribution in [-0.2, 0) is 16.2 Å². The van der Waals surface area contributed by atoms with Crippen LogP contribution in [0.2, 0.25) is 5.02 Å². The third-order valence-corrected chi connectivity index (χ3v) is 5.34. The van der Waals surface area contributed by atoms with Crippen molar-refractivity contribution in [3.8, 4) is 0 Å². The number of hydrogen-bond donors (Lipinski definition) is 1. The molecular weight excluding hydrogens is 409 g/mol. The molecule has 118 valence electrons. The zero-order chi connectivity index (χ0) is 16.5. The first kappa shape index (κ1) is 17.0. The maximum absolute atomic E-state index is 12.6. The van der Waals surface area contributed by atoms with E-state index in [1.165, 1.54) is 18.2 Å². The minimum atomic E-state index is -4.60. The van der Waals surface area contributed by atoms with Gasteiger partial charge >= 0.3 is 6.18 Å². The van der Waals surface area contributed by atoms with Crippen LogP contribution in [0, 0.1) is 0 Å². The van der Waals surface area contributed by atoms with Gasteiger partial charge in [0.2, 0.25) is 0 Å². The Kier molecular flexibility index (Phi) is 4.69. The molecule has 22 heavy (non-hydrogen) atoms. The molecule has 0 saturated heterocycles. The minimum absolute atomic E-state index is 0.0815. The van der Waals surface area contributed by atoms with E-state index in [0.717, 1.165) is 12.3 Å². The molecule has 0 fully saturated rings. The summed E-state index contributed by atoms with van der Waals surface area (Å²) in [5, 5.41) is -0.0815. The van der Waals surface area contributed by atoms with Gasteiger partial charge in [-0.3, -0.25) is 4.72 Å². The molecule has 0 aliphatic heterocycles. The first-order chi connectivity index (χ1) is 10.1. The molecule has 1 N–H and O–H groups in total. The van der Waals surface area contributed by atoms with Crippen LogP contribution < -0.4 is 4.72 Å². The van der Waals surface area contributed by atoms with Crippen molar-refractivity contribution < 1.29 is 21.6 Å². The van der Waals surface area contributed by atoms with Crippen LogP contribution >= 0.6 is 27.5 Å². The van der Waals surface area contributed by atoms with Crippen LogP contribution in [0.4, 0.5) is 19.0 Å². The van der Waals surface area contributed by atoms with E-state index >= 15 is 0 Å². The number of anilines is 1. The molecule has 0 spiro atoms. The predicted octanol–water partition coefficient (Wildman–Crippen LogP) is 4.32. The van der Waals surface area contributed by atoms with Crippen molar-refractivity contribution >= 4 is 43.4 Å². The summed E-state index contributed by atoms with van der Waals surface area (Å²) >= 11 is 8.95. The van der Waals surface area contributed by atoms with Crippen LogP contribution in [0.25, 0.3) is 0 Å². The largest absolute Gasteiger partial charge is 0.416 e. The van der Waals surface area contributed by atoms with Gasteiger partial charge < -0.3 is 0 Å². The maximum Gasteiger partial charge on any atom is 0.416 e. The van der Waals surface area contributed by atoms with Crippen molar-refractivity contribution in [3.05, 3.63) is 51.6 Å². The van der Waals surface area contributed by atoms with Gasteiger partial charge in [0.15, 0.2) is 0 Å². The molecule has 1 heterocycles. The molecule has 0 bridgehead atoms. The number of aromatic nitrogens is 1. The lowest BCUT2D eigenvalue weighted by Crippen LogP contribution is -2.15. The van der Waals surface area contributed by atoms with Crippen molar-refractivity contribution in [3.63, 3.8) is 0 Å². The van der Waals surface area contributed by atoms with E-state index in [1.54, 1.807) is 0 Å². The predicted molar refractivity (Wildman–Crippen MR) is 79.2 cm³/mol. The number of sulfonamides is 1. The lowest BCUT2D eigenvalue weighted by molar-refractivity contribution is -0.137. The van der Waals surface area contributed by atoms with Gasteiger partial charge in [-0.2, -0.15) is 13.2 Å². The monoisotopic (exact) mass is 414 g/mol. The fourth-order valence-electron chi connectivity index (χ4n) is 1.55. The highest BCUT2D eigenvalue weighted by atomic mass is 79.9. The summed E-state index contributed by atoms with van der Waals surface area (Å²) in [6, 6.07) is 5.53. The van der Waals surface area contributed by atoms with Gasteiger partial charge in [0, 0.05) is 10.7 Å². The fraction of sp³-hybridized carbons (Fsp3) is 0.0833. The van der Waals surface area contributed by atoms with Gasteiger partial charge in [-0.05, 0) is 40.2 Å². The Balaban J connectivity index is 2.40. The number of halogens is 5. The molecule has 0 radical (unpaired) electrons. The van der Waals surface area contributed by atoms with Crippen LogP contribution in [0.15, 0.2) is 45.9 Å². The first-order valence-electron chi connectivity index (χ1n) is 5.61. The summed E-state index contributed by atoms with van der Waals surface area (Å²) in [6.45, 7) is 0. The molecule has 10 heteroatoms. The van der Waals surface area contributed by atoms with E-state index < -0.39 is 27.6 Å². The number of benzene rings is 1. The highest BCUT2D eigenvalue weighted by Crippen LogP contribution is 2.32. The smallest absolute Gasteiger partial charge is 0.263 e. The highest BCUT2D eigenvalue weighted by molar-refractivity contribution is 9.10. The van der Waals surface area contributed by atoms with E-state index in [2.05, 4.69) is 20.9 Å². The molecule has 0 aliphatic rings. The topological polar surface area (TPSA) is 59.1 Å². The number of hydrogen-bond acceptors (Lipinski definition) is 3. The number of rotatable bonds is 3. The second-order valence-electron chi connectivity index (χ2n) is 4.08. The molecule has 0 atom stereocenters. The van der Waals surface area contributed by atoms with E-state index in [1.807, 2.05) is 4.72 Å². The molecule has 2 rings (SSSR count). The quantitative estimate of drug-likeness (QED) is 0.812. The van der Waals surface area contributed by atoms with Gasteiger partial charge in [-0.15, -0.1) is 0 Å². The Bertz CT molecular complexity index is 812. The number of alkyl halides is 3. The third kappa shape index (κ3) is 3.71. The summed E-state index contributed by atoms with van der Waals surface area (Å²) in [5.41, 5.74) is -1.01. The number of pyridine rings is 1. The van der Waals surface area contributed by atoms with Gasteiger partial charge in [-0.1, -0.05) is 17.7 Å². The van der Waals surface area contributed by atoms with Crippen molar-refractivity contribution in [2.45, 2.75) is 11.1 Å². The van der Waals surface area contributed by atoms with Gasteiger partial charge in [0.05, 0.1) is 10.6 Å². The Hall–Kier alpha value is -1.32. The van der Waals surface area contributed by atoms with Gasteiger partial charge in [0.1, 0.15) is 10.7 Å². The van der Waals surface area contributed by atoms with Crippen molar-refractivity contribution in [2.75, 3.05) is 4.72 Å². The van der Waals surface area contributed by atoms with E-state index in [-0.39, 0.29) is 9.92 Å². The Labute approximate surface area is 137 Å². The van der Waals surface area contributed by atoms with Crippen LogP contribution in [0.3, 0.4) is 0 Å². The van der Waals surface area contributed by atoms with E-state index in [0.29, 0.717) is 10.5 Å². The third-order valence-electron chi connectivity index (χ3n) is 2.53. The molecule has 2 aromatic rings. The molecule has 0 saturated carbocycles. The van der Waals surface area contributed by atoms with E-state index in [9.17, 15) is 21.6 Å². The fourth-order valence-corrected chi connectivity index (χ4v) is 3.58. The van der Waals surface area contributed by atoms with E-state index in [4.69, 9.17) is 11.6 Å². The van der Waals surface area contributed by atoms with Crippen LogP contribution in [0.5, 0.6) is 0 Å². The normalized spacial score (nSPS) is 12.2. The molecule has 0 unspecified atom stereocenters. The molecular formula is C12H7BrClF3N2O2S. The Morgan fingerprint density at radius 1 is 1.23 bits per heavy atom. The molecule has 1 aromatic heterocycles. The summed E-state index contributed by atoms with van der Waals surface area (Å²) in [6.07, 6.45) is -3.74. The standard InChI is InChI=1S/C12H7BrClF3N2O2S/c13-8-2-1-3-9(11(8)14)22(20,21)19-10-6-7(4-5-18-10)12(15,16)17/h1-6H,(H,18,19). The highest BCUT2D eigenvalue weighted by Gasteiger charge is 2.31. The van der Waals surface area contributed by atoms with Crippen LogP contribution in [-0.4, -0.2) is 13.4 Å². The molecule has 1 aromatic carbocycles. The van der Waals surface area contributed by atoms with Gasteiger partial charge in [-0.25, -0.2) is 13.4 Å². The summed E-state index contributed by atoms with van der Waals surface area (Å²) in [7, 11) is -4.17. The van der Waals surface area contributed by atoms with Crippen molar-refractivity contribution in [2.24, 2.45) is 0 Å².